The van der Waals surface area contributed by atoms with Crippen LogP contribution in [0.1, 0.15) is 42.4 Å². The van der Waals surface area contributed by atoms with Crippen LogP contribution in [0.3, 0.4) is 0 Å². The summed E-state index contributed by atoms with van der Waals surface area (Å²) >= 11 is 5.83. The molecule has 119 valence electrons. The van der Waals surface area contributed by atoms with E-state index in [9.17, 15) is 9.59 Å². The third kappa shape index (κ3) is 5.04. The molecular formula is C20H20ClO2. The molecule has 23 heavy (non-hydrogen) atoms. The monoisotopic (exact) mass is 327 g/mol. The molecule has 0 saturated heterocycles. The average Bonchev–Trinajstić information content (AvgIpc) is 2.57. The summed E-state index contributed by atoms with van der Waals surface area (Å²) < 4.78 is 0. The van der Waals surface area contributed by atoms with Crippen molar-refractivity contribution in [1.82, 2.24) is 0 Å². The Balaban J connectivity index is 1.92. The van der Waals surface area contributed by atoms with Gasteiger partial charge in [0.25, 0.3) is 0 Å². The predicted octanol–water partition coefficient (Wildman–Crippen LogP) is 4.69. The minimum Gasteiger partial charge on any atom is -0.299 e. The van der Waals surface area contributed by atoms with Crippen LogP contribution >= 0.6 is 11.6 Å². The van der Waals surface area contributed by atoms with Crippen molar-refractivity contribution in [3.05, 3.63) is 70.2 Å². The highest BCUT2D eigenvalue weighted by Crippen LogP contribution is 2.20. The second-order valence-electron chi connectivity index (χ2n) is 5.60. The van der Waals surface area contributed by atoms with Crippen LogP contribution in [0.25, 0.3) is 0 Å². The standard InChI is InChI=1S/C20H20ClO2/c1-2-15-5-3-6-16(13-15)7-4-8-20(23)19(14-22)17-9-11-18(21)12-10-17/h3,5-6,9-13,19H,2,4,7-8H2,1H3. The Hall–Kier alpha value is -1.93. The molecule has 3 heteroatoms. The molecule has 2 aromatic rings. The molecule has 0 aromatic heterocycles. The van der Waals surface area contributed by atoms with Crippen molar-refractivity contribution in [1.29, 1.82) is 0 Å². The highest BCUT2D eigenvalue weighted by atomic mass is 35.5. The fraction of sp³-hybridized carbons (Fsp3) is 0.300. The minimum atomic E-state index is -0.811. The predicted molar refractivity (Wildman–Crippen MR) is 93.7 cm³/mol. The molecule has 0 saturated carbocycles. The van der Waals surface area contributed by atoms with Gasteiger partial charge in [0.05, 0.1) is 0 Å². The summed E-state index contributed by atoms with van der Waals surface area (Å²) in [6, 6.07) is 15.2. The Labute approximate surface area is 142 Å². The molecule has 1 unspecified atom stereocenters. The highest BCUT2D eigenvalue weighted by Gasteiger charge is 2.20. The molecule has 0 aliphatic rings. The molecule has 0 fully saturated rings. The molecule has 1 atom stereocenters. The molecule has 0 spiro atoms. The zero-order valence-electron chi connectivity index (χ0n) is 13.2. The van der Waals surface area contributed by atoms with Gasteiger partial charge in [0, 0.05) is 11.4 Å². The van der Waals surface area contributed by atoms with Crippen LogP contribution in [0.5, 0.6) is 0 Å². The van der Waals surface area contributed by atoms with Crippen LogP contribution in [0, 0.1) is 0 Å². The van der Waals surface area contributed by atoms with E-state index in [4.69, 9.17) is 11.6 Å². The molecule has 2 aromatic carbocycles. The molecule has 0 heterocycles. The largest absolute Gasteiger partial charge is 0.299 e. The Bertz CT molecular complexity index is 662. The first-order valence-electron chi connectivity index (χ1n) is 7.87. The van der Waals surface area contributed by atoms with Crippen molar-refractivity contribution in [2.24, 2.45) is 0 Å². The summed E-state index contributed by atoms with van der Waals surface area (Å²) in [4.78, 5) is 23.4. The van der Waals surface area contributed by atoms with Crippen LogP contribution in [-0.4, -0.2) is 12.1 Å². The SMILES string of the molecule is CCc1cccc(CCCC(=O)C([C]=O)c2ccc(Cl)cc2)c1. The van der Waals surface area contributed by atoms with E-state index in [1.807, 2.05) is 12.4 Å². The van der Waals surface area contributed by atoms with Gasteiger partial charge in [0.1, 0.15) is 11.7 Å². The van der Waals surface area contributed by atoms with E-state index in [1.165, 1.54) is 11.1 Å². The van der Waals surface area contributed by atoms with E-state index >= 15 is 0 Å². The number of rotatable bonds is 8. The van der Waals surface area contributed by atoms with Gasteiger partial charge in [-0.05, 0) is 48.1 Å². The maximum absolute atomic E-state index is 12.3. The van der Waals surface area contributed by atoms with E-state index in [0.717, 1.165) is 19.3 Å². The van der Waals surface area contributed by atoms with Gasteiger partial charge < -0.3 is 0 Å². The van der Waals surface area contributed by atoms with E-state index in [0.29, 0.717) is 17.0 Å². The van der Waals surface area contributed by atoms with Gasteiger partial charge in [-0.15, -0.1) is 0 Å². The van der Waals surface area contributed by atoms with E-state index in [1.54, 1.807) is 24.3 Å². The van der Waals surface area contributed by atoms with Crippen LogP contribution in [-0.2, 0) is 22.4 Å². The lowest BCUT2D eigenvalue weighted by molar-refractivity contribution is -0.119. The van der Waals surface area contributed by atoms with Gasteiger partial charge in [0.15, 0.2) is 0 Å². The molecule has 0 bridgehead atoms. The molecule has 1 radical (unpaired) electrons. The number of hydrogen-bond acceptors (Lipinski definition) is 2. The normalized spacial score (nSPS) is 11.9. The highest BCUT2D eigenvalue weighted by molar-refractivity contribution is 6.30. The maximum Gasteiger partial charge on any atom is 0.214 e. The molecule has 0 aliphatic carbocycles. The molecular weight excluding hydrogens is 308 g/mol. The van der Waals surface area contributed by atoms with Crippen LogP contribution in [0.15, 0.2) is 48.5 Å². The summed E-state index contributed by atoms with van der Waals surface area (Å²) in [5.41, 5.74) is 3.19. The Kier molecular flexibility index (Phi) is 6.54. The number of Topliss-reactive ketones (excluding diaryl/α,β-unsaturated/α-hetero) is 1. The second-order valence-corrected chi connectivity index (χ2v) is 6.03. The smallest absolute Gasteiger partial charge is 0.214 e. The first-order valence-corrected chi connectivity index (χ1v) is 8.25. The van der Waals surface area contributed by atoms with Gasteiger partial charge >= 0.3 is 0 Å². The number of carbonyl (C=O) groups is 1. The van der Waals surface area contributed by atoms with Gasteiger partial charge in [0.2, 0.25) is 6.29 Å². The number of ketones is 1. The summed E-state index contributed by atoms with van der Waals surface area (Å²) in [6.45, 7) is 2.12. The van der Waals surface area contributed by atoms with Crippen molar-refractivity contribution >= 4 is 23.7 Å². The van der Waals surface area contributed by atoms with Gasteiger partial charge in [-0.3, -0.25) is 9.59 Å². The summed E-state index contributed by atoms with van der Waals surface area (Å²) in [6.07, 6.45) is 4.81. The van der Waals surface area contributed by atoms with Crippen molar-refractivity contribution in [3.8, 4) is 0 Å². The van der Waals surface area contributed by atoms with Crippen LogP contribution in [0.2, 0.25) is 5.02 Å². The number of halogens is 1. The lowest BCUT2D eigenvalue weighted by Crippen LogP contribution is -2.14. The lowest BCUT2D eigenvalue weighted by atomic mass is 9.92. The Morgan fingerprint density at radius 2 is 1.83 bits per heavy atom. The van der Waals surface area contributed by atoms with Gasteiger partial charge in [-0.1, -0.05) is 54.9 Å². The topological polar surface area (TPSA) is 34.1 Å². The first-order chi connectivity index (χ1) is 11.1. The Morgan fingerprint density at radius 3 is 2.48 bits per heavy atom. The third-order valence-electron chi connectivity index (χ3n) is 3.93. The molecule has 0 amide bonds. The molecule has 0 aliphatic heterocycles. The zero-order chi connectivity index (χ0) is 16.7. The van der Waals surface area contributed by atoms with Crippen molar-refractivity contribution < 1.29 is 9.59 Å². The number of carbonyl (C=O) groups excluding carboxylic acids is 2. The average molecular weight is 328 g/mol. The molecule has 2 rings (SSSR count). The third-order valence-corrected chi connectivity index (χ3v) is 4.18. The Morgan fingerprint density at radius 1 is 1.13 bits per heavy atom. The van der Waals surface area contributed by atoms with Crippen molar-refractivity contribution in [2.75, 3.05) is 0 Å². The quantitative estimate of drug-likeness (QED) is 0.659. The summed E-state index contributed by atoms with van der Waals surface area (Å²) in [7, 11) is 0. The fourth-order valence-electron chi connectivity index (χ4n) is 2.59. The lowest BCUT2D eigenvalue weighted by Gasteiger charge is -2.09. The maximum atomic E-state index is 12.3. The van der Waals surface area contributed by atoms with Gasteiger partial charge in [-0.2, -0.15) is 0 Å². The molecule has 0 N–H and O–H groups in total. The van der Waals surface area contributed by atoms with E-state index < -0.39 is 5.92 Å². The fourth-order valence-corrected chi connectivity index (χ4v) is 2.72. The van der Waals surface area contributed by atoms with Crippen LogP contribution < -0.4 is 0 Å². The molecule has 2 nitrogen and oxygen atoms in total. The minimum absolute atomic E-state index is 0.0889. The summed E-state index contributed by atoms with van der Waals surface area (Å²) in [5.74, 6) is -0.900. The first kappa shape index (κ1) is 17.4. The van der Waals surface area contributed by atoms with E-state index in [2.05, 4.69) is 25.1 Å². The zero-order valence-corrected chi connectivity index (χ0v) is 14.0. The second kappa shape index (κ2) is 8.64. The number of benzene rings is 2. The number of hydrogen-bond donors (Lipinski definition) is 0. The summed E-state index contributed by atoms with van der Waals surface area (Å²) in [5, 5.41) is 0.585. The number of aryl methyl sites for hydroxylation is 2. The van der Waals surface area contributed by atoms with Crippen LogP contribution in [0.4, 0.5) is 0 Å². The van der Waals surface area contributed by atoms with E-state index in [-0.39, 0.29) is 5.78 Å². The van der Waals surface area contributed by atoms with Gasteiger partial charge in [-0.25, -0.2) is 0 Å². The van der Waals surface area contributed by atoms with Crippen molar-refractivity contribution in [2.45, 2.75) is 38.5 Å². The van der Waals surface area contributed by atoms with Crippen molar-refractivity contribution in [3.63, 3.8) is 0 Å².